The normalized spacial score (nSPS) is 24.7. The fourth-order valence-electron chi connectivity index (χ4n) is 3.26. The van der Waals surface area contributed by atoms with Crippen molar-refractivity contribution in [1.29, 1.82) is 0 Å². The summed E-state index contributed by atoms with van der Waals surface area (Å²) in [5.41, 5.74) is 0. The molecule has 2 fully saturated rings. The Kier molecular flexibility index (Phi) is 10.5. The standard InChI is InChI=1S/C16H29F3N4O2.HI/c1-20-15(21-6-4-7-22(2)12-16(17,18)19)23-8-10-25-14(11-23)13-5-3-9-24-13;/h13-14H,3-12H2,1-2H3,(H,20,21);1H. The Hall–Kier alpha value is -0.330. The van der Waals surface area contributed by atoms with E-state index in [2.05, 4.69) is 15.2 Å². The van der Waals surface area contributed by atoms with Crippen LogP contribution in [0.5, 0.6) is 0 Å². The molecule has 0 aromatic heterocycles. The van der Waals surface area contributed by atoms with E-state index >= 15 is 0 Å². The Morgan fingerprint density at radius 1 is 1.27 bits per heavy atom. The molecule has 26 heavy (non-hydrogen) atoms. The lowest BCUT2D eigenvalue weighted by Crippen LogP contribution is -2.53. The highest BCUT2D eigenvalue weighted by Gasteiger charge is 2.32. The minimum absolute atomic E-state index is 0. The van der Waals surface area contributed by atoms with Crippen LogP contribution in [0.3, 0.4) is 0 Å². The van der Waals surface area contributed by atoms with Crippen LogP contribution in [-0.4, -0.2) is 94.2 Å². The van der Waals surface area contributed by atoms with Crippen molar-refractivity contribution in [2.45, 2.75) is 37.6 Å². The molecule has 0 amide bonds. The van der Waals surface area contributed by atoms with Crippen molar-refractivity contribution in [3.05, 3.63) is 0 Å². The maximum atomic E-state index is 12.3. The molecule has 154 valence electrons. The van der Waals surface area contributed by atoms with Crippen LogP contribution in [-0.2, 0) is 9.47 Å². The molecule has 2 heterocycles. The minimum atomic E-state index is -4.15. The van der Waals surface area contributed by atoms with E-state index in [4.69, 9.17) is 9.47 Å². The number of hydrogen-bond donors (Lipinski definition) is 1. The van der Waals surface area contributed by atoms with Gasteiger partial charge in [-0.3, -0.25) is 9.89 Å². The molecular weight excluding hydrogens is 464 g/mol. The summed E-state index contributed by atoms with van der Waals surface area (Å²) in [4.78, 5) is 7.71. The van der Waals surface area contributed by atoms with E-state index in [9.17, 15) is 13.2 Å². The zero-order chi connectivity index (χ0) is 18.3. The van der Waals surface area contributed by atoms with E-state index in [0.29, 0.717) is 26.1 Å². The molecule has 0 bridgehead atoms. The van der Waals surface area contributed by atoms with Gasteiger partial charge in [0.1, 0.15) is 6.10 Å². The van der Waals surface area contributed by atoms with E-state index < -0.39 is 12.7 Å². The molecule has 10 heteroatoms. The van der Waals surface area contributed by atoms with E-state index in [1.54, 1.807) is 7.05 Å². The quantitative estimate of drug-likeness (QED) is 0.265. The van der Waals surface area contributed by atoms with Gasteiger partial charge >= 0.3 is 6.18 Å². The fourth-order valence-corrected chi connectivity index (χ4v) is 3.26. The highest BCUT2D eigenvalue weighted by atomic mass is 127. The largest absolute Gasteiger partial charge is 0.401 e. The van der Waals surface area contributed by atoms with Gasteiger partial charge < -0.3 is 19.7 Å². The summed E-state index contributed by atoms with van der Waals surface area (Å²) in [5, 5.41) is 3.24. The number of guanidine groups is 1. The number of rotatable bonds is 6. The van der Waals surface area contributed by atoms with Crippen molar-refractivity contribution >= 4 is 29.9 Å². The van der Waals surface area contributed by atoms with Crippen LogP contribution < -0.4 is 5.32 Å². The Morgan fingerprint density at radius 3 is 2.62 bits per heavy atom. The summed E-state index contributed by atoms with van der Waals surface area (Å²) in [6.45, 7) is 2.97. The van der Waals surface area contributed by atoms with Crippen LogP contribution in [0, 0.1) is 0 Å². The first-order valence-electron chi connectivity index (χ1n) is 8.83. The van der Waals surface area contributed by atoms with Gasteiger partial charge in [-0.1, -0.05) is 0 Å². The van der Waals surface area contributed by atoms with Crippen LogP contribution >= 0.6 is 24.0 Å². The van der Waals surface area contributed by atoms with Gasteiger partial charge in [-0.2, -0.15) is 13.2 Å². The molecule has 0 saturated carbocycles. The Morgan fingerprint density at radius 2 is 2.00 bits per heavy atom. The van der Waals surface area contributed by atoms with Gasteiger partial charge in [0.25, 0.3) is 0 Å². The predicted molar refractivity (Wildman–Crippen MR) is 105 cm³/mol. The molecule has 0 aromatic rings. The zero-order valence-electron chi connectivity index (χ0n) is 15.4. The minimum Gasteiger partial charge on any atom is -0.375 e. The van der Waals surface area contributed by atoms with Gasteiger partial charge in [-0.05, 0) is 32.9 Å². The van der Waals surface area contributed by atoms with E-state index in [1.807, 2.05) is 0 Å². The molecule has 2 saturated heterocycles. The van der Waals surface area contributed by atoms with Crippen LogP contribution in [0.15, 0.2) is 4.99 Å². The summed E-state index contributed by atoms with van der Waals surface area (Å²) in [5.74, 6) is 0.768. The second-order valence-electron chi connectivity index (χ2n) is 6.59. The van der Waals surface area contributed by atoms with Gasteiger partial charge in [0, 0.05) is 33.3 Å². The molecule has 0 radical (unpaired) electrons. The maximum Gasteiger partial charge on any atom is 0.401 e. The van der Waals surface area contributed by atoms with Crippen molar-refractivity contribution in [3.63, 3.8) is 0 Å². The van der Waals surface area contributed by atoms with Gasteiger partial charge in [0.05, 0.1) is 19.3 Å². The van der Waals surface area contributed by atoms with E-state index in [1.165, 1.54) is 11.9 Å². The lowest BCUT2D eigenvalue weighted by molar-refractivity contribution is -0.143. The number of halogens is 4. The van der Waals surface area contributed by atoms with Crippen LogP contribution in [0.1, 0.15) is 19.3 Å². The van der Waals surface area contributed by atoms with Crippen LogP contribution in [0.25, 0.3) is 0 Å². The fraction of sp³-hybridized carbons (Fsp3) is 0.938. The number of alkyl halides is 3. The molecule has 1 N–H and O–H groups in total. The molecule has 2 atom stereocenters. The van der Waals surface area contributed by atoms with Crippen LogP contribution in [0.4, 0.5) is 13.2 Å². The molecule has 2 unspecified atom stereocenters. The first kappa shape index (κ1) is 23.7. The van der Waals surface area contributed by atoms with Crippen LogP contribution in [0.2, 0.25) is 0 Å². The summed E-state index contributed by atoms with van der Waals surface area (Å²) in [6.07, 6.45) is -1.24. The third kappa shape index (κ3) is 8.13. The third-order valence-corrected chi connectivity index (χ3v) is 4.43. The number of aliphatic imine (C=N–C) groups is 1. The molecule has 0 spiro atoms. The third-order valence-electron chi connectivity index (χ3n) is 4.43. The Balaban J connectivity index is 0.00000338. The predicted octanol–water partition coefficient (Wildman–Crippen LogP) is 1.94. The summed E-state index contributed by atoms with van der Waals surface area (Å²) in [6, 6.07) is 0. The molecule has 2 aliphatic heterocycles. The van der Waals surface area contributed by atoms with Crippen molar-refractivity contribution < 1.29 is 22.6 Å². The number of nitrogens with one attached hydrogen (secondary N) is 1. The topological polar surface area (TPSA) is 49.3 Å². The number of hydrogen-bond acceptors (Lipinski definition) is 4. The number of nitrogens with zero attached hydrogens (tertiary/aromatic N) is 3. The van der Waals surface area contributed by atoms with E-state index in [-0.39, 0.29) is 36.2 Å². The SMILES string of the molecule is CN=C(NCCCN(C)CC(F)(F)F)N1CCOC(C2CCCO2)C1.I. The van der Waals surface area contributed by atoms with Crippen molar-refractivity contribution in [2.75, 3.05) is 60.0 Å². The lowest BCUT2D eigenvalue weighted by Gasteiger charge is -2.37. The number of morpholine rings is 1. The first-order chi connectivity index (χ1) is 11.9. The van der Waals surface area contributed by atoms with Gasteiger partial charge in [0.15, 0.2) is 5.96 Å². The Bertz CT molecular complexity index is 434. The van der Waals surface area contributed by atoms with Gasteiger partial charge in [-0.25, -0.2) is 0 Å². The lowest BCUT2D eigenvalue weighted by atomic mass is 10.1. The van der Waals surface area contributed by atoms with Gasteiger partial charge in [0.2, 0.25) is 0 Å². The average molecular weight is 494 g/mol. The average Bonchev–Trinajstić information content (AvgIpc) is 3.08. The molecule has 2 aliphatic rings. The molecule has 0 aromatic carbocycles. The highest BCUT2D eigenvalue weighted by Crippen LogP contribution is 2.21. The molecule has 0 aliphatic carbocycles. The summed E-state index contributed by atoms with van der Waals surface area (Å²) >= 11 is 0. The van der Waals surface area contributed by atoms with Crippen molar-refractivity contribution in [2.24, 2.45) is 4.99 Å². The summed E-state index contributed by atoms with van der Waals surface area (Å²) < 4.78 is 48.4. The second kappa shape index (κ2) is 11.5. The first-order valence-corrected chi connectivity index (χ1v) is 8.83. The smallest absolute Gasteiger partial charge is 0.375 e. The Labute approximate surface area is 170 Å². The summed E-state index contributed by atoms with van der Waals surface area (Å²) in [7, 11) is 3.20. The molecular formula is C16H30F3IN4O2. The van der Waals surface area contributed by atoms with Gasteiger partial charge in [-0.15, -0.1) is 24.0 Å². The van der Waals surface area contributed by atoms with Crippen molar-refractivity contribution in [1.82, 2.24) is 15.1 Å². The number of ether oxygens (including phenoxy) is 2. The second-order valence-corrected chi connectivity index (χ2v) is 6.59. The highest BCUT2D eigenvalue weighted by molar-refractivity contribution is 14.0. The molecule has 2 rings (SSSR count). The zero-order valence-corrected chi connectivity index (χ0v) is 17.8. The van der Waals surface area contributed by atoms with E-state index in [0.717, 1.165) is 38.5 Å². The monoisotopic (exact) mass is 494 g/mol. The van der Waals surface area contributed by atoms with Crippen molar-refractivity contribution in [3.8, 4) is 0 Å². The molecule has 6 nitrogen and oxygen atoms in total. The maximum absolute atomic E-state index is 12.3.